The van der Waals surface area contributed by atoms with E-state index in [4.69, 9.17) is 4.74 Å². The first kappa shape index (κ1) is 31.6. The standard InChI is InChI=1S/C30H44F3N3O2S/c1-7-9-10-21(8-2)19-36-20(3)24(28(37)34-23-13-15-38-16-14-23)18-26(36)22-11-12-27(39-35-29(4,5)6)25(17-22)30(31,32)33/h11-12,17-18,21,23,35H,7-10,13-16,19H2,1-6H3,(H,34,37). The Morgan fingerprint density at radius 3 is 2.44 bits per heavy atom. The minimum absolute atomic E-state index is 0.0360. The molecule has 39 heavy (non-hydrogen) atoms. The summed E-state index contributed by atoms with van der Waals surface area (Å²) in [7, 11) is 0. The van der Waals surface area contributed by atoms with Crippen molar-refractivity contribution in [2.45, 2.75) is 109 Å². The summed E-state index contributed by atoms with van der Waals surface area (Å²) in [6.45, 7) is 13.8. The highest BCUT2D eigenvalue weighted by molar-refractivity contribution is 7.97. The minimum Gasteiger partial charge on any atom is -0.381 e. The van der Waals surface area contributed by atoms with Crippen LogP contribution in [0.2, 0.25) is 0 Å². The number of halogens is 3. The fourth-order valence-corrected chi connectivity index (χ4v) is 5.67. The predicted molar refractivity (Wildman–Crippen MR) is 153 cm³/mol. The first-order valence-electron chi connectivity index (χ1n) is 14.1. The van der Waals surface area contributed by atoms with E-state index in [9.17, 15) is 18.0 Å². The van der Waals surface area contributed by atoms with Gasteiger partial charge in [-0.2, -0.15) is 13.2 Å². The van der Waals surface area contributed by atoms with Crippen LogP contribution in [0.4, 0.5) is 13.2 Å². The largest absolute Gasteiger partial charge is 0.417 e. The average Bonchev–Trinajstić information content (AvgIpc) is 3.20. The number of hydrogen-bond donors (Lipinski definition) is 2. The Morgan fingerprint density at radius 1 is 1.15 bits per heavy atom. The number of carbonyl (C=O) groups is 1. The van der Waals surface area contributed by atoms with E-state index in [1.165, 1.54) is 12.1 Å². The molecule has 2 heterocycles. The molecule has 1 aromatic heterocycles. The van der Waals surface area contributed by atoms with Gasteiger partial charge in [-0.15, -0.1) is 0 Å². The lowest BCUT2D eigenvalue weighted by molar-refractivity contribution is -0.139. The van der Waals surface area contributed by atoms with E-state index in [-0.39, 0.29) is 22.4 Å². The maximum atomic E-state index is 14.2. The van der Waals surface area contributed by atoms with Gasteiger partial charge in [-0.3, -0.25) is 9.52 Å². The molecule has 2 aromatic rings. The summed E-state index contributed by atoms with van der Waals surface area (Å²) in [6.07, 6.45) is 1.17. The molecule has 1 unspecified atom stereocenters. The third-order valence-corrected chi connectivity index (χ3v) is 8.49. The first-order valence-corrected chi connectivity index (χ1v) is 14.9. The second kappa shape index (κ2) is 13.6. The van der Waals surface area contributed by atoms with E-state index in [2.05, 4.69) is 28.5 Å². The normalized spacial score (nSPS) is 15.9. The van der Waals surface area contributed by atoms with Crippen LogP contribution in [0.25, 0.3) is 11.3 Å². The summed E-state index contributed by atoms with van der Waals surface area (Å²) >= 11 is 0.994. The van der Waals surface area contributed by atoms with Gasteiger partial charge in [0.1, 0.15) is 0 Å². The van der Waals surface area contributed by atoms with Crippen molar-refractivity contribution in [1.29, 1.82) is 0 Å². The van der Waals surface area contributed by atoms with Crippen molar-refractivity contribution in [2.24, 2.45) is 5.92 Å². The molecule has 0 aliphatic carbocycles. The molecule has 218 valence electrons. The van der Waals surface area contributed by atoms with Gasteiger partial charge in [0.05, 0.1) is 11.1 Å². The summed E-state index contributed by atoms with van der Waals surface area (Å²) in [4.78, 5) is 13.5. The molecule has 0 saturated carbocycles. The number of ether oxygens (including phenoxy) is 1. The van der Waals surface area contributed by atoms with Gasteiger partial charge in [0, 0.05) is 47.6 Å². The molecule has 1 amide bonds. The Morgan fingerprint density at radius 2 is 1.85 bits per heavy atom. The number of rotatable bonds is 11. The quantitative estimate of drug-likeness (QED) is 0.270. The number of amides is 1. The van der Waals surface area contributed by atoms with Gasteiger partial charge >= 0.3 is 6.18 Å². The van der Waals surface area contributed by atoms with Crippen LogP contribution < -0.4 is 10.0 Å². The fourth-order valence-electron chi connectivity index (χ4n) is 4.84. The molecule has 1 aromatic carbocycles. The molecule has 1 aliphatic heterocycles. The van der Waals surface area contributed by atoms with E-state index < -0.39 is 11.7 Å². The lowest BCUT2D eigenvalue weighted by Gasteiger charge is -2.23. The van der Waals surface area contributed by atoms with Crippen LogP contribution in [0.15, 0.2) is 29.2 Å². The molecule has 5 nitrogen and oxygen atoms in total. The number of alkyl halides is 3. The SMILES string of the molecule is CCCCC(CC)Cn1c(-c2ccc(SNC(C)(C)C)c(C(F)(F)F)c2)cc(C(=O)NC2CCOCC2)c1C. The molecule has 0 radical (unpaired) electrons. The maximum absolute atomic E-state index is 14.2. The molecule has 1 fully saturated rings. The zero-order valence-corrected chi connectivity index (χ0v) is 25.0. The van der Waals surface area contributed by atoms with E-state index >= 15 is 0 Å². The Labute approximate surface area is 235 Å². The molecule has 1 atom stereocenters. The zero-order chi connectivity index (χ0) is 28.8. The molecule has 9 heteroatoms. The van der Waals surface area contributed by atoms with Crippen LogP contribution in [0.5, 0.6) is 0 Å². The van der Waals surface area contributed by atoms with Crippen molar-refractivity contribution < 1.29 is 22.7 Å². The summed E-state index contributed by atoms with van der Waals surface area (Å²) in [5.74, 6) is 0.188. The second-order valence-corrected chi connectivity index (χ2v) is 12.4. The van der Waals surface area contributed by atoms with Crippen LogP contribution in [0, 0.1) is 12.8 Å². The predicted octanol–water partition coefficient (Wildman–Crippen LogP) is 8.00. The Hall–Kier alpha value is -1.97. The molecule has 1 saturated heterocycles. The molecule has 2 N–H and O–H groups in total. The Kier molecular flexibility index (Phi) is 11.0. The van der Waals surface area contributed by atoms with Crippen molar-refractivity contribution in [3.8, 4) is 11.3 Å². The topological polar surface area (TPSA) is 55.3 Å². The smallest absolute Gasteiger partial charge is 0.381 e. The number of nitrogens with one attached hydrogen (secondary N) is 2. The Bertz CT molecular complexity index is 1100. The van der Waals surface area contributed by atoms with Crippen LogP contribution in [0.1, 0.15) is 94.8 Å². The lowest BCUT2D eigenvalue weighted by Crippen LogP contribution is -2.39. The van der Waals surface area contributed by atoms with Gasteiger partial charge in [-0.25, -0.2) is 0 Å². The van der Waals surface area contributed by atoms with E-state index in [1.807, 2.05) is 27.7 Å². The first-order chi connectivity index (χ1) is 18.3. The van der Waals surface area contributed by atoms with Crippen molar-refractivity contribution in [1.82, 2.24) is 14.6 Å². The molecule has 3 rings (SSSR count). The lowest BCUT2D eigenvalue weighted by atomic mass is 9.99. The van der Waals surface area contributed by atoms with Crippen LogP contribution in [0.3, 0.4) is 0 Å². The summed E-state index contributed by atoms with van der Waals surface area (Å²) in [5.41, 5.74) is 1.37. The van der Waals surface area contributed by atoms with Crippen molar-refractivity contribution >= 4 is 17.9 Å². The summed E-state index contributed by atoms with van der Waals surface area (Å²) < 4.78 is 53.2. The highest BCUT2D eigenvalue weighted by Crippen LogP contribution is 2.40. The van der Waals surface area contributed by atoms with Crippen molar-refractivity contribution in [3.63, 3.8) is 0 Å². The van der Waals surface area contributed by atoms with Crippen LogP contribution in [-0.2, 0) is 17.5 Å². The van der Waals surface area contributed by atoms with Crippen LogP contribution >= 0.6 is 11.9 Å². The number of benzene rings is 1. The van der Waals surface area contributed by atoms with Gasteiger partial charge in [0.2, 0.25) is 0 Å². The van der Waals surface area contributed by atoms with Crippen LogP contribution in [-0.4, -0.2) is 35.3 Å². The minimum atomic E-state index is -4.51. The molecular weight excluding hydrogens is 523 g/mol. The van der Waals surface area contributed by atoms with E-state index in [1.54, 1.807) is 12.1 Å². The number of hydrogen-bond acceptors (Lipinski definition) is 4. The maximum Gasteiger partial charge on any atom is 0.417 e. The van der Waals surface area contributed by atoms with Gasteiger partial charge in [0.25, 0.3) is 5.91 Å². The number of unbranched alkanes of at least 4 members (excludes halogenated alkanes) is 1. The van der Waals surface area contributed by atoms with Crippen molar-refractivity contribution in [2.75, 3.05) is 13.2 Å². The third-order valence-electron chi connectivity index (χ3n) is 7.20. The Balaban J connectivity index is 2.05. The number of aromatic nitrogens is 1. The van der Waals surface area contributed by atoms with Crippen molar-refractivity contribution in [3.05, 3.63) is 41.1 Å². The fraction of sp³-hybridized carbons (Fsp3) is 0.633. The van der Waals surface area contributed by atoms with Gasteiger partial charge < -0.3 is 14.6 Å². The summed E-state index contributed by atoms with van der Waals surface area (Å²) in [6, 6.07) is 6.30. The molecule has 1 aliphatic rings. The molecule has 0 bridgehead atoms. The van der Waals surface area contributed by atoms with Gasteiger partial charge in [0.15, 0.2) is 0 Å². The van der Waals surface area contributed by atoms with Gasteiger partial charge in [-0.1, -0.05) is 39.2 Å². The zero-order valence-electron chi connectivity index (χ0n) is 24.1. The van der Waals surface area contributed by atoms with E-state index in [0.29, 0.717) is 42.5 Å². The number of carbonyl (C=O) groups excluding carboxylic acids is 1. The highest BCUT2D eigenvalue weighted by Gasteiger charge is 2.35. The molecular formula is C30H44F3N3O2S. The monoisotopic (exact) mass is 567 g/mol. The number of nitrogens with zero attached hydrogens (tertiary/aromatic N) is 1. The highest BCUT2D eigenvalue weighted by atomic mass is 32.2. The average molecular weight is 568 g/mol. The second-order valence-electron chi connectivity index (χ2n) is 11.6. The summed E-state index contributed by atoms with van der Waals surface area (Å²) in [5, 5.41) is 3.12. The third kappa shape index (κ3) is 8.76. The van der Waals surface area contributed by atoms with Gasteiger partial charge in [-0.05, 0) is 88.6 Å². The van der Waals surface area contributed by atoms with E-state index in [0.717, 1.165) is 56.2 Å². The molecule has 0 spiro atoms.